The highest BCUT2D eigenvalue weighted by molar-refractivity contribution is 5.99. The second-order valence-electron chi connectivity index (χ2n) is 11.3. The Morgan fingerprint density at radius 3 is 1.22 bits per heavy atom. The van der Waals surface area contributed by atoms with Gasteiger partial charge in [-0.25, -0.2) is 0 Å². The molecule has 2 N–H and O–H groups in total. The van der Waals surface area contributed by atoms with Crippen LogP contribution in [0.25, 0.3) is 0 Å². The van der Waals surface area contributed by atoms with Crippen LogP contribution >= 0.6 is 0 Å². The molecule has 0 atom stereocenters. The minimum Gasteiger partial charge on any atom is -0.481 e. The first kappa shape index (κ1) is 31.8. The Kier molecular flexibility index (Phi) is 9.66. The molecule has 1 saturated carbocycles. The molecule has 4 aromatic rings. The van der Waals surface area contributed by atoms with Gasteiger partial charge in [-0.15, -0.1) is 0 Å². The maximum Gasteiger partial charge on any atom is 0.308 e. The van der Waals surface area contributed by atoms with E-state index in [0.29, 0.717) is 34.1 Å². The third-order valence-electron chi connectivity index (χ3n) is 8.03. The van der Waals surface area contributed by atoms with E-state index in [2.05, 4.69) is 0 Å². The number of aliphatic carboxylic acids is 2. The number of hydrogen-bond acceptors (Lipinski definition) is 6. The van der Waals surface area contributed by atoms with E-state index in [1.807, 2.05) is 60.7 Å². The molecule has 1 fully saturated rings. The Morgan fingerprint density at radius 1 is 0.522 bits per heavy atom. The molecule has 0 radical (unpaired) electrons. The van der Waals surface area contributed by atoms with Crippen LogP contribution in [-0.2, 0) is 32.3 Å². The third-order valence-corrected chi connectivity index (χ3v) is 8.03. The Hall–Kier alpha value is -5.64. The molecule has 2 amide bonds. The van der Waals surface area contributed by atoms with Gasteiger partial charge in [0.25, 0.3) is 0 Å². The lowest BCUT2D eigenvalue weighted by Gasteiger charge is -2.47. The molecule has 0 saturated heterocycles. The normalized spacial score (nSPS) is 18.5. The monoisotopic (exact) mass is 622 g/mol. The van der Waals surface area contributed by atoms with E-state index in [1.165, 1.54) is 23.9 Å². The van der Waals surface area contributed by atoms with Gasteiger partial charge in [0.05, 0.1) is 23.7 Å². The van der Waals surface area contributed by atoms with E-state index in [4.69, 9.17) is 9.47 Å². The maximum absolute atomic E-state index is 13.6. The van der Waals surface area contributed by atoms with Crippen molar-refractivity contribution in [2.24, 2.45) is 23.7 Å². The van der Waals surface area contributed by atoms with Crippen molar-refractivity contribution in [2.45, 2.75) is 13.1 Å². The number of rotatable bonds is 12. The molecular formula is C36H34N2O8. The predicted molar refractivity (Wildman–Crippen MR) is 168 cm³/mol. The van der Waals surface area contributed by atoms with Crippen LogP contribution in [0.5, 0.6) is 23.0 Å². The zero-order valence-electron chi connectivity index (χ0n) is 25.4. The zero-order valence-corrected chi connectivity index (χ0v) is 25.4. The molecule has 10 heteroatoms. The lowest BCUT2D eigenvalue weighted by Crippen LogP contribution is -2.63. The molecule has 0 unspecified atom stereocenters. The average molecular weight is 623 g/mol. The first-order chi connectivity index (χ1) is 22.1. The maximum atomic E-state index is 13.6. The SMILES string of the molecule is CN(Cc1cccc(Oc2ccccc2)c1)C(=O)[C@H]1[C@H](C(=O)O)[C@H](C(=O)N(C)Cc2cccc(Oc3ccccc3)c2)[C@H]1C(=O)O. The second kappa shape index (κ2) is 14.0. The van der Waals surface area contributed by atoms with E-state index >= 15 is 0 Å². The standard InChI is InChI=1S/C36H34N2O8/c1-37(21-23-11-9-17-27(19-23)45-25-13-5-3-6-14-25)33(39)29-31(35(41)42)30(32(29)36(43)44)34(40)38(2)22-24-12-10-18-28(20-24)46-26-15-7-4-8-16-26/h3-20,29-32H,21-22H2,1-2H3,(H,41,42)(H,43,44)/t29-,30-,31-,32-. The van der Waals surface area contributed by atoms with Gasteiger partial charge in [-0.05, 0) is 59.7 Å². The van der Waals surface area contributed by atoms with Gasteiger partial charge in [-0.3, -0.25) is 19.2 Å². The largest absolute Gasteiger partial charge is 0.481 e. The molecule has 5 rings (SSSR count). The molecule has 0 spiro atoms. The molecule has 0 bridgehead atoms. The van der Waals surface area contributed by atoms with Crippen molar-refractivity contribution >= 4 is 23.8 Å². The van der Waals surface area contributed by atoms with Crippen LogP contribution < -0.4 is 9.47 Å². The summed E-state index contributed by atoms with van der Waals surface area (Å²) in [5, 5.41) is 20.2. The molecule has 1 aliphatic rings. The fraction of sp³-hybridized carbons (Fsp3) is 0.222. The summed E-state index contributed by atoms with van der Waals surface area (Å²) in [6.45, 7) is 0.166. The van der Waals surface area contributed by atoms with Gasteiger partial charge in [0.1, 0.15) is 23.0 Å². The fourth-order valence-corrected chi connectivity index (χ4v) is 5.85. The molecule has 0 aromatic heterocycles. The minimum absolute atomic E-state index is 0.0832. The van der Waals surface area contributed by atoms with Gasteiger partial charge >= 0.3 is 11.9 Å². The number of carbonyl (C=O) groups excluding carboxylic acids is 2. The number of nitrogens with zero attached hydrogens (tertiary/aromatic N) is 2. The number of para-hydroxylation sites is 2. The van der Waals surface area contributed by atoms with Crippen molar-refractivity contribution in [3.63, 3.8) is 0 Å². The van der Waals surface area contributed by atoms with E-state index < -0.39 is 47.4 Å². The second-order valence-corrected chi connectivity index (χ2v) is 11.3. The van der Waals surface area contributed by atoms with Gasteiger partial charge in [-0.2, -0.15) is 0 Å². The number of carboxylic acids is 2. The summed E-state index contributed by atoms with van der Waals surface area (Å²) in [7, 11) is 2.97. The predicted octanol–water partition coefficient (Wildman–Crippen LogP) is 5.54. The number of hydrogen-bond donors (Lipinski definition) is 2. The van der Waals surface area contributed by atoms with Gasteiger partial charge < -0.3 is 29.5 Å². The molecular weight excluding hydrogens is 588 g/mol. The third kappa shape index (κ3) is 7.18. The molecule has 46 heavy (non-hydrogen) atoms. The summed E-state index contributed by atoms with van der Waals surface area (Å²) in [6, 6.07) is 32.5. The van der Waals surface area contributed by atoms with Crippen molar-refractivity contribution in [1.29, 1.82) is 0 Å². The van der Waals surface area contributed by atoms with Crippen LogP contribution in [0.4, 0.5) is 0 Å². The van der Waals surface area contributed by atoms with E-state index in [9.17, 15) is 29.4 Å². The average Bonchev–Trinajstić information content (AvgIpc) is 3.01. The van der Waals surface area contributed by atoms with Crippen molar-refractivity contribution in [3.05, 3.63) is 120 Å². The lowest BCUT2D eigenvalue weighted by molar-refractivity contribution is -0.186. The van der Waals surface area contributed by atoms with Crippen LogP contribution in [0.3, 0.4) is 0 Å². The minimum atomic E-state index is -1.49. The Morgan fingerprint density at radius 2 is 0.870 bits per heavy atom. The number of benzene rings is 4. The van der Waals surface area contributed by atoms with Crippen molar-refractivity contribution in [2.75, 3.05) is 14.1 Å². The lowest BCUT2D eigenvalue weighted by atomic mass is 9.55. The fourth-order valence-electron chi connectivity index (χ4n) is 5.85. The molecule has 0 aliphatic heterocycles. The van der Waals surface area contributed by atoms with Crippen LogP contribution in [0.1, 0.15) is 11.1 Å². The van der Waals surface area contributed by atoms with Crippen molar-refractivity contribution in [3.8, 4) is 23.0 Å². The van der Waals surface area contributed by atoms with Crippen molar-refractivity contribution < 1.29 is 38.9 Å². The molecule has 236 valence electrons. The topological polar surface area (TPSA) is 134 Å². The number of carboxylic acid groups (broad SMARTS) is 2. The van der Waals surface area contributed by atoms with Crippen LogP contribution in [-0.4, -0.2) is 57.9 Å². The van der Waals surface area contributed by atoms with Gasteiger partial charge in [0.15, 0.2) is 0 Å². The first-order valence-corrected chi connectivity index (χ1v) is 14.7. The van der Waals surface area contributed by atoms with Gasteiger partial charge in [0, 0.05) is 27.2 Å². The summed E-state index contributed by atoms with van der Waals surface area (Å²) in [5.41, 5.74) is 1.40. The molecule has 10 nitrogen and oxygen atoms in total. The van der Waals surface area contributed by atoms with E-state index in [1.54, 1.807) is 48.5 Å². The molecule has 4 aromatic carbocycles. The van der Waals surface area contributed by atoms with E-state index in [-0.39, 0.29) is 13.1 Å². The van der Waals surface area contributed by atoms with E-state index in [0.717, 1.165) is 0 Å². The van der Waals surface area contributed by atoms with Crippen LogP contribution in [0, 0.1) is 23.7 Å². The highest BCUT2D eigenvalue weighted by Gasteiger charge is 2.64. The quantitative estimate of drug-likeness (QED) is 0.211. The van der Waals surface area contributed by atoms with Crippen LogP contribution in [0.2, 0.25) is 0 Å². The van der Waals surface area contributed by atoms with Gasteiger partial charge in [0.2, 0.25) is 11.8 Å². The van der Waals surface area contributed by atoms with Crippen molar-refractivity contribution in [1.82, 2.24) is 9.80 Å². The highest BCUT2D eigenvalue weighted by atomic mass is 16.5. The summed E-state index contributed by atoms with van der Waals surface area (Å²) in [5.74, 6) is -7.54. The van der Waals surface area contributed by atoms with Crippen LogP contribution in [0.15, 0.2) is 109 Å². The number of carbonyl (C=O) groups is 4. The summed E-state index contributed by atoms with van der Waals surface area (Å²) >= 11 is 0. The zero-order chi connectivity index (χ0) is 32.8. The number of ether oxygens (including phenoxy) is 2. The Labute approximate surface area is 266 Å². The highest BCUT2D eigenvalue weighted by Crippen LogP contribution is 2.48. The number of amides is 2. The van der Waals surface area contributed by atoms with Gasteiger partial charge in [-0.1, -0.05) is 60.7 Å². The Balaban J connectivity index is 1.27. The summed E-state index contributed by atoms with van der Waals surface area (Å²) in [4.78, 5) is 54.6. The summed E-state index contributed by atoms with van der Waals surface area (Å²) in [6.07, 6.45) is 0. The Bertz CT molecular complexity index is 1580. The molecule has 1 aliphatic carbocycles. The first-order valence-electron chi connectivity index (χ1n) is 14.7. The molecule has 0 heterocycles. The summed E-state index contributed by atoms with van der Waals surface area (Å²) < 4.78 is 11.7. The smallest absolute Gasteiger partial charge is 0.308 e.